The molecular weight excluding hydrogens is 385 g/mol. The first-order chi connectivity index (χ1) is 12.7. The fourth-order valence-electron chi connectivity index (χ4n) is 3.34. The Morgan fingerprint density at radius 1 is 1.26 bits per heavy atom. The van der Waals surface area contributed by atoms with Gasteiger partial charge in [-0.05, 0) is 30.2 Å². The third kappa shape index (κ3) is 4.36. The van der Waals surface area contributed by atoms with Gasteiger partial charge in [-0.15, -0.1) is 11.6 Å². The summed E-state index contributed by atoms with van der Waals surface area (Å²) in [5.41, 5.74) is 5.69. The monoisotopic (exact) mass is 404 g/mol. The van der Waals surface area contributed by atoms with Gasteiger partial charge in [-0.3, -0.25) is 19.9 Å². The number of hydrogen-bond donors (Lipinski definition) is 2. The maximum Gasteiger partial charge on any atom is 0.416 e. The topological polar surface area (TPSA) is 64.7 Å². The number of nitrogens with zero attached hydrogens (tertiary/aromatic N) is 2. The molecule has 2 unspecified atom stereocenters. The van der Waals surface area contributed by atoms with Crippen LogP contribution in [0, 0.1) is 6.92 Å². The van der Waals surface area contributed by atoms with E-state index in [0.717, 1.165) is 12.1 Å². The standard InChI is InChI=1S/C17H20ClF3N4O2/c1-10-6-12(17(19,20)21)3-2-11(10)8-25-5-4-24(9-14(25)26)13-7-22-23-16(27)15(13)18/h2-3,6,13,15,22H,4-5,7-9H2,1H3,(H,23,27). The maximum absolute atomic E-state index is 12.8. The minimum atomic E-state index is -4.39. The number of amides is 2. The number of rotatable bonds is 3. The van der Waals surface area contributed by atoms with Gasteiger partial charge in [0.25, 0.3) is 5.91 Å². The second kappa shape index (κ2) is 7.65. The van der Waals surface area contributed by atoms with Crippen LogP contribution in [0.3, 0.4) is 0 Å². The molecule has 10 heteroatoms. The van der Waals surface area contributed by atoms with Crippen LogP contribution in [-0.4, -0.2) is 59.2 Å². The lowest BCUT2D eigenvalue weighted by Crippen LogP contribution is -2.65. The highest BCUT2D eigenvalue weighted by molar-refractivity contribution is 6.31. The number of hydrazine groups is 1. The van der Waals surface area contributed by atoms with Gasteiger partial charge in [-0.2, -0.15) is 13.2 Å². The molecular formula is C17H20ClF3N4O2. The SMILES string of the molecule is Cc1cc(C(F)(F)F)ccc1CN1CCN(C2CNNC(=O)C2Cl)CC1=O. The van der Waals surface area contributed by atoms with Crippen molar-refractivity contribution in [3.63, 3.8) is 0 Å². The molecule has 0 saturated carbocycles. The van der Waals surface area contributed by atoms with Crippen molar-refractivity contribution in [2.45, 2.75) is 31.1 Å². The van der Waals surface area contributed by atoms with Gasteiger partial charge in [-0.1, -0.05) is 6.07 Å². The van der Waals surface area contributed by atoms with Gasteiger partial charge in [-0.25, -0.2) is 5.43 Å². The van der Waals surface area contributed by atoms with Crippen LogP contribution in [-0.2, 0) is 22.3 Å². The smallest absolute Gasteiger partial charge is 0.336 e. The summed E-state index contributed by atoms with van der Waals surface area (Å²) in [6.07, 6.45) is -4.39. The number of hydrogen-bond acceptors (Lipinski definition) is 4. The summed E-state index contributed by atoms with van der Waals surface area (Å²) >= 11 is 6.14. The lowest BCUT2D eigenvalue weighted by molar-refractivity contribution is -0.139. The van der Waals surface area contributed by atoms with Crippen molar-refractivity contribution in [3.05, 3.63) is 34.9 Å². The third-order valence-corrected chi connectivity index (χ3v) is 5.45. The zero-order valence-corrected chi connectivity index (χ0v) is 15.4. The van der Waals surface area contributed by atoms with Crippen molar-refractivity contribution < 1.29 is 22.8 Å². The first kappa shape index (κ1) is 19.9. The lowest BCUT2D eigenvalue weighted by atomic mass is 10.0. The molecule has 0 aliphatic carbocycles. The van der Waals surface area contributed by atoms with Crippen molar-refractivity contribution in [2.75, 3.05) is 26.2 Å². The molecule has 2 N–H and O–H groups in total. The largest absolute Gasteiger partial charge is 0.416 e. The molecule has 27 heavy (non-hydrogen) atoms. The van der Waals surface area contributed by atoms with Gasteiger partial charge in [0.1, 0.15) is 5.38 Å². The molecule has 0 spiro atoms. The Bertz CT molecular complexity index is 743. The number of benzene rings is 1. The van der Waals surface area contributed by atoms with E-state index in [1.54, 1.807) is 11.8 Å². The molecule has 3 rings (SSSR count). The molecule has 6 nitrogen and oxygen atoms in total. The van der Waals surface area contributed by atoms with Crippen molar-refractivity contribution >= 4 is 23.4 Å². The minimum Gasteiger partial charge on any atom is -0.336 e. The van der Waals surface area contributed by atoms with E-state index >= 15 is 0 Å². The van der Waals surface area contributed by atoms with Crippen LogP contribution in [0.15, 0.2) is 18.2 Å². The Kier molecular flexibility index (Phi) is 5.64. The zero-order chi connectivity index (χ0) is 19.8. The maximum atomic E-state index is 12.8. The van der Waals surface area contributed by atoms with Crippen LogP contribution >= 0.6 is 11.6 Å². The van der Waals surface area contributed by atoms with E-state index in [9.17, 15) is 22.8 Å². The number of halogens is 4. The van der Waals surface area contributed by atoms with Crippen LogP contribution in [0.5, 0.6) is 0 Å². The van der Waals surface area contributed by atoms with Crippen molar-refractivity contribution in [1.82, 2.24) is 20.7 Å². The van der Waals surface area contributed by atoms with E-state index in [-0.39, 0.29) is 30.9 Å². The average Bonchev–Trinajstić information content (AvgIpc) is 2.60. The second-order valence-electron chi connectivity index (χ2n) is 6.76. The van der Waals surface area contributed by atoms with Crippen LogP contribution in [0.4, 0.5) is 13.2 Å². The highest BCUT2D eigenvalue weighted by Gasteiger charge is 2.38. The van der Waals surface area contributed by atoms with Gasteiger partial charge < -0.3 is 4.90 Å². The Morgan fingerprint density at radius 3 is 2.63 bits per heavy atom. The van der Waals surface area contributed by atoms with Crippen LogP contribution in [0.1, 0.15) is 16.7 Å². The molecule has 2 heterocycles. The predicted octanol–water partition coefficient (Wildman–Crippen LogP) is 1.27. The first-order valence-corrected chi connectivity index (χ1v) is 8.96. The molecule has 1 aromatic rings. The molecule has 0 bridgehead atoms. The van der Waals surface area contributed by atoms with E-state index in [0.29, 0.717) is 30.8 Å². The van der Waals surface area contributed by atoms with Gasteiger partial charge in [0.05, 0.1) is 12.1 Å². The van der Waals surface area contributed by atoms with Crippen molar-refractivity contribution in [3.8, 4) is 0 Å². The molecule has 0 aromatic heterocycles. The van der Waals surface area contributed by atoms with Crippen molar-refractivity contribution in [1.29, 1.82) is 0 Å². The molecule has 2 fully saturated rings. The summed E-state index contributed by atoms with van der Waals surface area (Å²) in [4.78, 5) is 27.7. The van der Waals surface area contributed by atoms with Crippen LogP contribution < -0.4 is 10.9 Å². The number of alkyl halides is 4. The summed E-state index contributed by atoms with van der Waals surface area (Å²) in [6, 6.07) is 3.26. The Morgan fingerprint density at radius 2 is 2.00 bits per heavy atom. The lowest BCUT2D eigenvalue weighted by Gasteiger charge is -2.41. The summed E-state index contributed by atoms with van der Waals surface area (Å²) in [6.45, 7) is 3.36. The number of piperazine rings is 1. The van der Waals surface area contributed by atoms with E-state index in [1.807, 2.05) is 4.90 Å². The molecule has 2 aliphatic rings. The highest BCUT2D eigenvalue weighted by atomic mass is 35.5. The molecule has 0 radical (unpaired) electrons. The summed E-state index contributed by atoms with van der Waals surface area (Å²) in [5, 5.41) is -0.747. The minimum absolute atomic E-state index is 0.114. The number of carbonyl (C=O) groups is 2. The number of aryl methyl sites for hydroxylation is 1. The van der Waals surface area contributed by atoms with Gasteiger partial charge >= 0.3 is 6.18 Å². The quantitative estimate of drug-likeness (QED) is 0.745. The molecule has 2 aliphatic heterocycles. The zero-order valence-electron chi connectivity index (χ0n) is 14.6. The van der Waals surface area contributed by atoms with Crippen LogP contribution in [0.2, 0.25) is 0 Å². The molecule has 2 atom stereocenters. The summed E-state index contributed by atoms with van der Waals surface area (Å²) in [5.74, 6) is -0.474. The fourth-order valence-corrected chi connectivity index (χ4v) is 3.64. The highest BCUT2D eigenvalue weighted by Crippen LogP contribution is 2.30. The van der Waals surface area contributed by atoms with Crippen LogP contribution in [0.25, 0.3) is 0 Å². The molecule has 2 amide bonds. The van der Waals surface area contributed by atoms with Gasteiger partial charge in [0, 0.05) is 32.2 Å². The number of nitrogens with one attached hydrogen (secondary N) is 2. The predicted molar refractivity (Wildman–Crippen MR) is 92.7 cm³/mol. The summed E-state index contributed by atoms with van der Waals surface area (Å²) in [7, 11) is 0. The van der Waals surface area contributed by atoms with Gasteiger partial charge in [0.15, 0.2) is 0 Å². The molecule has 2 saturated heterocycles. The first-order valence-electron chi connectivity index (χ1n) is 8.52. The van der Waals surface area contributed by atoms with E-state index in [1.165, 1.54) is 6.07 Å². The van der Waals surface area contributed by atoms with Gasteiger partial charge in [0.2, 0.25) is 5.91 Å². The van der Waals surface area contributed by atoms with E-state index < -0.39 is 17.1 Å². The van der Waals surface area contributed by atoms with E-state index in [2.05, 4.69) is 10.9 Å². The number of carbonyl (C=O) groups excluding carboxylic acids is 2. The third-order valence-electron chi connectivity index (χ3n) is 4.96. The Labute approximate surface area is 159 Å². The molecule has 1 aromatic carbocycles. The Balaban J connectivity index is 1.64. The van der Waals surface area contributed by atoms with Crippen molar-refractivity contribution in [2.24, 2.45) is 0 Å². The fraction of sp³-hybridized carbons (Fsp3) is 0.529. The normalized spacial score (nSPS) is 24.9. The second-order valence-corrected chi connectivity index (χ2v) is 7.23. The Hall–Kier alpha value is -1.84. The van der Waals surface area contributed by atoms with E-state index in [4.69, 9.17) is 11.6 Å². The average molecular weight is 405 g/mol. The summed E-state index contributed by atoms with van der Waals surface area (Å²) < 4.78 is 38.4. The molecule has 148 valence electrons.